The number of rotatable bonds is 6. The number of nitrogens with zero attached hydrogens (tertiary/aromatic N) is 1. The van der Waals surface area contributed by atoms with Crippen molar-refractivity contribution in [1.29, 1.82) is 0 Å². The van der Waals surface area contributed by atoms with Gasteiger partial charge in [-0.2, -0.15) is 0 Å². The second kappa shape index (κ2) is 8.79. The third-order valence-corrected chi connectivity index (χ3v) is 5.92. The number of aryl methyl sites for hydroxylation is 1. The first kappa shape index (κ1) is 21.1. The number of hydrogen-bond acceptors (Lipinski definition) is 7. The lowest BCUT2D eigenvalue weighted by Crippen LogP contribution is -2.09. The third kappa shape index (κ3) is 4.20. The molecule has 3 rings (SSSR count). The maximum Gasteiger partial charge on any atom is 0.348 e. The number of aromatic nitrogens is 2. The molecule has 9 heteroatoms. The summed E-state index contributed by atoms with van der Waals surface area (Å²) in [5.74, 6) is 1.12. The molecule has 152 valence electrons. The summed E-state index contributed by atoms with van der Waals surface area (Å²) in [6.07, 6.45) is 3.49. The molecule has 0 unspecified atom stereocenters. The van der Waals surface area contributed by atoms with Gasteiger partial charge in [-0.05, 0) is 59.1 Å². The molecular formula is C20H19BrN2O5S. The van der Waals surface area contributed by atoms with Gasteiger partial charge in [0.05, 0.1) is 30.7 Å². The first-order valence-electron chi connectivity index (χ1n) is 8.69. The molecule has 3 aromatic rings. The van der Waals surface area contributed by atoms with Crippen molar-refractivity contribution >= 4 is 55.6 Å². The highest BCUT2D eigenvalue weighted by Crippen LogP contribution is 2.37. The van der Waals surface area contributed by atoms with Gasteiger partial charge in [-0.25, -0.2) is 9.78 Å². The van der Waals surface area contributed by atoms with Gasteiger partial charge in [0.1, 0.15) is 15.5 Å². The van der Waals surface area contributed by atoms with E-state index in [0.29, 0.717) is 44.6 Å². The summed E-state index contributed by atoms with van der Waals surface area (Å²) in [7, 11) is 2.88. The predicted octanol–water partition coefficient (Wildman–Crippen LogP) is 4.42. The number of fused-ring (bicyclic) bond motifs is 1. The summed E-state index contributed by atoms with van der Waals surface area (Å²) in [5.41, 5.74) is 1.10. The van der Waals surface area contributed by atoms with E-state index in [1.165, 1.54) is 7.11 Å². The number of thiophene rings is 1. The van der Waals surface area contributed by atoms with Crippen LogP contribution in [0.5, 0.6) is 11.5 Å². The Morgan fingerprint density at radius 1 is 1.31 bits per heavy atom. The molecule has 1 aromatic carbocycles. The van der Waals surface area contributed by atoms with Crippen LogP contribution < -0.4 is 15.0 Å². The van der Waals surface area contributed by atoms with E-state index >= 15 is 0 Å². The summed E-state index contributed by atoms with van der Waals surface area (Å²) in [4.78, 5) is 32.5. The molecule has 0 aliphatic rings. The Bertz CT molecular complexity index is 1170. The van der Waals surface area contributed by atoms with E-state index in [4.69, 9.17) is 14.2 Å². The minimum Gasteiger partial charge on any atom is -0.493 e. The second-order valence-corrected chi connectivity index (χ2v) is 7.83. The van der Waals surface area contributed by atoms with Crippen LogP contribution in [0.3, 0.4) is 0 Å². The van der Waals surface area contributed by atoms with E-state index in [2.05, 4.69) is 25.9 Å². The van der Waals surface area contributed by atoms with E-state index in [0.717, 1.165) is 21.4 Å². The van der Waals surface area contributed by atoms with Crippen molar-refractivity contribution in [2.75, 3.05) is 20.8 Å². The molecule has 0 radical (unpaired) electrons. The van der Waals surface area contributed by atoms with Crippen LogP contribution in [-0.2, 0) is 4.74 Å². The standard InChI is InChI=1S/C20H19BrN2O5S/c1-5-28-16-12(21)8-11(9-13(16)26-3)6-7-14-22-18(24)15-10(2)17(20(25)27-4)29-19(15)23-14/h6-9H,5H2,1-4H3,(H,22,23,24)/b7-6+. The highest BCUT2D eigenvalue weighted by Gasteiger charge is 2.19. The van der Waals surface area contributed by atoms with Gasteiger partial charge >= 0.3 is 5.97 Å². The fourth-order valence-corrected chi connectivity index (χ4v) is 4.50. The maximum absolute atomic E-state index is 12.5. The Hall–Kier alpha value is -2.65. The normalized spacial score (nSPS) is 11.2. The van der Waals surface area contributed by atoms with Crippen molar-refractivity contribution in [3.63, 3.8) is 0 Å². The van der Waals surface area contributed by atoms with Crippen molar-refractivity contribution in [2.45, 2.75) is 13.8 Å². The molecule has 0 aliphatic heterocycles. The van der Waals surface area contributed by atoms with E-state index in [9.17, 15) is 9.59 Å². The number of aromatic amines is 1. The van der Waals surface area contributed by atoms with Gasteiger partial charge in [-0.1, -0.05) is 6.08 Å². The van der Waals surface area contributed by atoms with Crippen LogP contribution in [0.2, 0.25) is 0 Å². The molecule has 0 aliphatic carbocycles. The quantitative estimate of drug-likeness (QED) is 0.527. The van der Waals surface area contributed by atoms with Gasteiger partial charge in [0.2, 0.25) is 0 Å². The molecule has 29 heavy (non-hydrogen) atoms. The molecule has 0 saturated heterocycles. The Labute approximate surface area is 179 Å². The van der Waals surface area contributed by atoms with Crippen LogP contribution in [0.15, 0.2) is 21.4 Å². The smallest absolute Gasteiger partial charge is 0.348 e. The van der Waals surface area contributed by atoms with Crippen LogP contribution >= 0.6 is 27.3 Å². The van der Waals surface area contributed by atoms with Crippen LogP contribution in [-0.4, -0.2) is 36.8 Å². The molecule has 0 atom stereocenters. The topological polar surface area (TPSA) is 90.5 Å². The summed E-state index contributed by atoms with van der Waals surface area (Å²) in [6.45, 7) is 4.13. The molecule has 2 heterocycles. The molecule has 0 bridgehead atoms. The van der Waals surface area contributed by atoms with E-state index < -0.39 is 5.97 Å². The fourth-order valence-electron chi connectivity index (χ4n) is 2.82. The first-order valence-corrected chi connectivity index (χ1v) is 10.3. The highest BCUT2D eigenvalue weighted by atomic mass is 79.9. The summed E-state index contributed by atoms with van der Waals surface area (Å²) < 4.78 is 16.5. The van der Waals surface area contributed by atoms with Gasteiger partial charge in [0.15, 0.2) is 11.5 Å². The lowest BCUT2D eigenvalue weighted by atomic mass is 10.2. The lowest BCUT2D eigenvalue weighted by Gasteiger charge is -2.12. The van der Waals surface area contributed by atoms with Crippen molar-refractivity contribution < 1.29 is 19.0 Å². The average Bonchev–Trinajstić information content (AvgIpc) is 3.04. The van der Waals surface area contributed by atoms with E-state index in [1.807, 2.05) is 19.1 Å². The number of methoxy groups -OCH3 is 2. The lowest BCUT2D eigenvalue weighted by molar-refractivity contribution is 0.0605. The van der Waals surface area contributed by atoms with E-state index in [-0.39, 0.29) is 5.56 Å². The van der Waals surface area contributed by atoms with Crippen LogP contribution in [0.25, 0.3) is 22.4 Å². The van der Waals surface area contributed by atoms with Crippen molar-refractivity contribution in [1.82, 2.24) is 9.97 Å². The molecule has 7 nitrogen and oxygen atoms in total. The Balaban J connectivity index is 2.00. The Kier molecular flexibility index (Phi) is 6.39. The third-order valence-electron chi connectivity index (χ3n) is 4.16. The molecule has 0 spiro atoms. The zero-order chi connectivity index (χ0) is 21.1. The monoisotopic (exact) mass is 478 g/mol. The number of esters is 1. The molecule has 0 fully saturated rings. The van der Waals surface area contributed by atoms with Crippen molar-refractivity contribution in [3.8, 4) is 11.5 Å². The zero-order valence-electron chi connectivity index (χ0n) is 16.3. The average molecular weight is 479 g/mol. The molecule has 2 aromatic heterocycles. The largest absolute Gasteiger partial charge is 0.493 e. The molecule has 0 saturated carbocycles. The zero-order valence-corrected chi connectivity index (χ0v) is 18.7. The number of carbonyl (C=O) groups is 1. The molecular weight excluding hydrogens is 460 g/mol. The Morgan fingerprint density at radius 2 is 2.07 bits per heavy atom. The first-order chi connectivity index (χ1) is 13.9. The van der Waals surface area contributed by atoms with Crippen molar-refractivity contribution in [2.24, 2.45) is 0 Å². The molecule has 0 amide bonds. The van der Waals surface area contributed by atoms with Gasteiger partial charge in [0.25, 0.3) is 5.56 Å². The van der Waals surface area contributed by atoms with Gasteiger partial charge < -0.3 is 19.2 Å². The van der Waals surface area contributed by atoms with Gasteiger partial charge in [0, 0.05) is 0 Å². The minimum absolute atomic E-state index is 0.302. The number of ether oxygens (including phenoxy) is 3. The fraction of sp³-hybridized carbons (Fsp3) is 0.250. The van der Waals surface area contributed by atoms with Crippen LogP contribution in [0.4, 0.5) is 0 Å². The predicted molar refractivity (Wildman–Crippen MR) is 117 cm³/mol. The second-order valence-electron chi connectivity index (χ2n) is 5.98. The number of benzene rings is 1. The molecule has 1 N–H and O–H groups in total. The summed E-state index contributed by atoms with van der Waals surface area (Å²) in [6, 6.07) is 3.71. The summed E-state index contributed by atoms with van der Waals surface area (Å²) in [5, 5.41) is 0.401. The van der Waals surface area contributed by atoms with Crippen LogP contribution in [0, 0.1) is 6.92 Å². The number of H-pyrrole nitrogens is 1. The highest BCUT2D eigenvalue weighted by molar-refractivity contribution is 9.10. The van der Waals surface area contributed by atoms with Crippen LogP contribution in [0.1, 0.15) is 33.5 Å². The van der Waals surface area contributed by atoms with Gasteiger partial charge in [-0.15, -0.1) is 11.3 Å². The van der Waals surface area contributed by atoms with E-state index in [1.54, 1.807) is 26.2 Å². The number of nitrogens with one attached hydrogen (secondary N) is 1. The summed E-state index contributed by atoms with van der Waals surface area (Å²) >= 11 is 4.63. The van der Waals surface area contributed by atoms with Gasteiger partial charge in [-0.3, -0.25) is 4.79 Å². The van der Waals surface area contributed by atoms with Crippen molar-refractivity contribution in [3.05, 3.63) is 48.8 Å². The number of carbonyl (C=O) groups excluding carboxylic acids is 1. The Morgan fingerprint density at radius 3 is 2.72 bits per heavy atom. The number of halogens is 1. The minimum atomic E-state index is -0.478. The number of hydrogen-bond donors (Lipinski definition) is 1. The SMILES string of the molecule is CCOc1c(Br)cc(/C=C/c2nc3sc(C(=O)OC)c(C)c3c(=O)[nH]2)cc1OC. The maximum atomic E-state index is 12.5.